The van der Waals surface area contributed by atoms with Crippen molar-refractivity contribution in [2.45, 2.75) is 12.8 Å². The van der Waals surface area contributed by atoms with Crippen LogP contribution in [0.1, 0.15) is 11.4 Å². The van der Waals surface area contributed by atoms with Crippen molar-refractivity contribution in [3.8, 4) is 17.0 Å². The van der Waals surface area contributed by atoms with Gasteiger partial charge in [0.2, 0.25) is 0 Å². The monoisotopic (exact) mass is 286 g/mol. The number of aromatic nitrogens is 2. The van der Waals surface area contributed by atoms with E-state index in [1.807, 2.05) is 36.4 Å². The topological polar surface area (TPSA) is 26.5 Å². The molecule has 0 bridgehead atoms. The van der Waals surface area contributed by atoms with E-state index in [0.29, 0.717) is 5.88 Å². The molecule has 0 amide bonds. The summed E-state index contributed by atoms with van der Waals surface area (Å²) in [5, 5.41) is 0. The van der Waals surface area contributed by atoms with E-state index in [9.17, 15) is 0 Å². The van der Waals surface area contributed by atoms with E-state index in [2.05, 4.69) is 17.4 Å². The lowest BCUT2D eigenvalue weighted by atomic mass is 10.1. The number of hydrogen-bond donors (Lipinski definition) is 0. The van der Waals surface area contributed by atoms with E-state index in [-0.39, 0.29) is 0 Å². The van der Waals surface area contributed by atoms with E-state index in [1.54, 1.807) is 7.11 Å². The molecule has 2 heterocycles. The molecule has 0 spiro atoms. The van der Waals surface area contributed by atoms with Crippen molar-refractivity contribution in [1.29, 1.82) is 0 Å². The Morgan fingerprint density at radius 1 is 1.15 bits per heavy atom. The predicted octanol–water partition coefficient (Wildman–Crippen LogP) is 4.06. The summed E-state index contributed by atoms with van der Waals surface area (Å²) in [5.74, 6) is 1.26. The first-order valence-electron chi connectivity index (χ1n) is 6.42. The lowest BCUT2D eigenvalue weighted by Gasteiger charge is -2.05. The number of pyridine rings is 1. The molecule has 102 valence electrons. The van der Waals surface area contributed by atoms with Crippen LogP contribution in [0.15, 0.2) is 42.5 Å². The molecule has 0 N–H and O–H groups in total. The number of alkyl halides is 1. The third-order valence-electron chi connectivity index (χ3n) is 3.42. The van der Waals surface area contributed by atoms with Crippen LogP contribution in [0.4, 0.5) is 0 Å². The molecule has 1 aromatic carbocycles. The zero-order valence-corrected chi connectivity index (χ0v) is 12.2. The number of aryl methyl sites for hydroxylation is 1. The van der Waals surface area contributed by atoms with Gasteiger partial charge in [0, 0.05) is 11.3 Å². The molecule has 0 radical (unpaired) electrons. The van der Waals surface area contributed by atoms with Crippen LogP contribution < -0.4 is 4.74 Å². The summed E-state index contributed by atoms with van der Waals surface area (Å²) in [6.07, 6.45) is 0. The van der Waals surface area contributed by atoms with E-state index >= 15 is 0 Å². The molecule has 0 aliphatic rings. The molecule has 4 heteroatoms. The summed E-state index contributed by atoms with van der Waals surface area (Å²) in [5.41, 5.74) is 5.04. The average molecular weight is 287 g/mol. The SMILES string of the molecule is COc1ccc(-c2nc3cccc(C)n3c2CCl)cc1. The Morgan fingerprint density at radius 3 is 2.55 bits per heavy atom. The number of nitrogens with zero attached hydrogens (tertiary/aromatic N) is 2. The van der Waals surface area contributed by atoms with Gasteiger partial charge in [0.05, 0.1) is 24.4 Å². The first kappa shape index (κ1) is 13.0. The van der Waals surface area contributed by atoms with Gasteiger partial charge in [0.15, 0.2) is 0 Å². The molecule has 3 rings (SSSR count). The number of ether oxygens (including phenoxy) is 1. The van der Waals surface area contributed by atoms with Crippen LogP contribution in [-0.2, 0) is 5.88 Å². The average Bonchev–Trinajstić information content (AvgIpc) is 2.87. The first-order chi connectivity index (χ1) is 9.74. The smallest absolute Gasteiger partial charge is 0.137 e. The summed E-state index contributed by atoms with van der Waals surface area (Å²) >= 11 is 6.15. The predicted molar refractivity (Wildman–Crippen MR) is 81.5 cm³/mol. The molecule has 0 saturated heterocycles. The Bertz CT molecular complexity index is 747. The quantitative estimate of drug-likeness (QED) is 0.679. The van der Waals surface area contributed by atoms with Gasteiger partial charge in [-0.25, -0.2) is 4.98 Å². The molecular weight excluding hydrogens is 272 g/mol. The van der Waals surface area contributed by atoms with Crippen LogP contribution in [0.2, 0.25) is 0 Å². The van der Waals surface area contributed by atoms with Gasteiger partial charge in [-0.1, -0.05) is 6.07 Å². The molecule has 3 nitrogen and oxygen atoms in total. The van der Waals surface area contributed by atoms with Crippen molar-refractivity contribution in [3.05, 3.63) is 53.9 Å². The van der Waals surface area contributed by atoms with Crippen LogP contribution in [0.25, 0.3) is 16.9 Å². The van der Waals surface area contributed by atoms with Crippen molar-refractivity contribution in [3.63, 3.8) is 0 Å². The minimum Gasteiger partial charge on any atom is -0.497 e. The number of rotatable bonds is 3. The Labute approximate surface area is 122 Å². The van der Waals surface area contributed by atoms with Crippen LogP contribution >= 0.6 is 11.6 Å². The minimum atomic E-state index is 0.424. The second-order valence-corrected chi connectivity index (χ2v) is 4.90. The third kappa shape index (κ3) is 2.04. The molecule has 2 aromatic heterocycles. The number of hydrogen-bond acceptors (Lipinski definition) is 2. The van der Waals surface area contributed by atoms with Crippen molar-refractivity contribution in [1.82, 2.24) is 9.38 Å². The van der Waals surface area contributed by atoms with Gasteiger partial charge in [-0.2, -0.15) is 0 Å². The minimum absolute atomic E-state index is 0.424. The number of imidazole rings is 1. The summed E-state index contributed by atoms with van der Waals surface area (Å²) in [4.78, 5) is 4.71. The third-order valence-corrected chi connectivity index (χ3v) is 3.68. The maximum absolute atomic E-state index is 6.15. The highest BCUT2D eigenvalue weighted by molar-refractivity contribution is 6.17. The number of fused-ring (bicyclic) bond motifs is 1. The van der Waals surface area contributed by atoms with E-state index < -0.39 is 0 Å². The summed E-state index contributed by atoms with van der Waals surface area (Å²) in [6.45, 7) is 2.06. The number of methoxy groups -OCH3 is 1. The Balaban J connectivity index is 2.22. The van der Waals surface area contributed by atoms with Gasteiger partial charge in [0.1, 0.15) is 11.4 Å². The largest absolute Gasteiger partial charge is 0.497 e. The van der Waals surface area contributed by atoms with Crippen LogP contribution in [0.3, 0.4) is 0 Å². The lowest BCUT2D eigenvalue weighted by molar-refractivity contribution is 0.415. The molecule has 0 atom stereocenters. The van der Waals surface area contributed by atoms with Gasteiger partial charge in [-0.05, 0) is 43.3 Å². The lowest BCUT2D eigenvalue weighted by Crippen LogP contribution is -1.95. The zero-order chi connectivity index (χ0) is 14.1. The van der Waals surface area contributed by atoms with E-state index in [4.69, 9.17) is 21.3 Å². The molecule has 3 aromatic rings. The Morgan fingerprint density at radius 2 is 1.90 bits per heavy atom. The van der Waals surface area contributed by atoms with Gasteiger partial charge in [-0.15, -0.1) is 11.6 Å². The number of benzene rings is 1. The molecule has 20 heavy (non-hydrogen) atoms. The van der Waals surface area contributed by atoms with Crippen molar-refractivity contribution < 1.29 is 4.74 Å². The van der Waals surface area contributed by atoms with Crippen molar-refractivity contribution >= 4 is 17.2 Å². The highest BCUT2D eigenvalue weighted by Gasteiger charge is 2.14. The Kier molecular flexibility index (Phi) is 3.36. The van der Waals surface area contributed by atoms with Crippen LogP contribution in [0.5, 0.6) is 5.75 Å². The molecule has 0 aliphatic heterocycles. The van der Waals surface area contributed by atoms with Crippen molar-refractivity contribution in [2.75, 3.05) is 7.11 Å². The molecule has 0 saturated carbocycles. The standard InChI is InChI=1S/C16H15ClN2O/c1-11-4-3-5-15-18-16(14(10-17)19(11)15)12-6-8-13(20-2)9-7-12/h3-9H,10H2,1-2H3. The molecule has 0 fully saturated rings. The normalized spacial score (nSPS) is 10.9. The fourth-order valence-electron chi connectivity index (χ4n) is 2.43. The van der Waals surface area contributed by atoms with Gasteiger partial charge in [-0.3, -0.25) is 4.40 Å². The van der Waals surface area contributed by atoms with E-state index in [1.165, 1.54) is 0 Å². The highest BCUT2D eigenvalue weighted by atomic mass is 35.5. The molecular formula is C16H15ClN2O. The van der Waals surface area contributed by atoms with Crippen LogP contribution in [-0.4, -0.2) is 16.5 Å². The molecule has 0 unspecified atom stereocenters. The fourth-order valence-corrected chi connectivity index (χ4v) is 2.68. The highest BCUT2D eigenvalue weighted by Crippen LogP contribution is 2.28. The Hall–Kier alpha value is -2.00. The van der Waals surface area contributed by atoms with Crippen molar-refractivity contribution in [2.24, 2.45) is 0 Å². The van der Waals surface area contributed by atoms with Gasteiger partial charge < -0.3 is 4.74 Å². The van der Waals surface area contributed by atoms with Gasteiger partial charge in [0.25, 0.3) is 0 Å². The first-order valence-corrected chi connectivity index (χ1v) is 6.95. The second kappa shape index (κ2) is 5.17. The fraction of sp³-hybridized carbons (Fsp3) is 0.188. The van der Waals surface area contributed by atoms with Crippen LogP contribution in [0, 0.1) is 6.92 Å². The maximum atomic E-state index is 6.15. The van der Waals surface area contributed by atoms with Gasteiger partial charge >= 0.3 is 0 Å². The summed E-state index contributed by atoms with van der Waals surface area (Å²) in [6, 6.07) is 13.9. The summed E-state index contributed by atoms with van der Waals surface area (Å²) in [7, 11) is 1.66. The molecule has 0 aliphatic carbocycles. The summed E-state index contributed by atoms with van der Waals surface area (Å²) < 4.78 is 7.29. The zero-order valence-electron chi connectivity index (χ0n) is 11.4. The van der Waals surface area contributed by atoms with E-state index in [0.717, 1.165) is 34.0 Å². The maximum Gasteiger partial charge on any atom is 0.137 e. The number of halogens is 1. The second-order valence-electron chi connectivity index (χ2n) is 4.63.